The van der Waals surface area contributed by atoms with Crippen molar-refractivity contribution in [2.45, 2.75) is 5.75 Å². The van der Waals surface area contributed by atoms with E-state index in [1.807, 2.05) is 30.3 Å². The maximum atomic E-state index is 13.7. The highest BCUT2D eigenvalue weighted by Gasteiger charge is 2.40. The number of benzene rings is 3. The minimum atomic E-state index is -0.553. The summed E-state index contributed by atoms with van der Waals surface area (Å²) >= 11 is 1.24. The average Bonchev–Trinajstić information content (AvgIpc) is 2.97. The predicted octanol–water partition coefficient (Wildman–Crippen LogP) is 5.18. The summed E-state index contributed by atoms with van der Waals surface area (Å²) in [6, 6.07) is 20.3. The highest BCUT2D eigenvalue weighted by atomic mass is 32.2. The molecule has 3 aromatic rings. The average molecular weight is 407 g/mol. The number of thioether (sulfide) groups is 1. The Morgan fingerprint density at radius 1 is 0.759 bits per heavy atom. The summed E-state index contributed by atoms with van der Waals surface area (Å²) < 4.78 is 27.1. The van der Waals surface area contributed by atoms with Crippen molar-refractivity contribution in [2.75, 3.05) is 4.90 Å². The number of rotatable bonds is 5. The van der Waals surface area contributed by atoms with Crippen LogP contribution in [0.1, 0.15) is 11.1 Å². The van der Waals surface area contributed by atoms with Crippen LogP contribution in [0, 0.1) is 11.6 Å². The Morgan fingerprint density at radius 3 is 2.17 bits per heavy atom. The van der Waals surface area contributed by atoms with Crippen molar-refractivity contribution in [3.8, 4) is 0 Å². The molecule has 1 heterocycles. The summed E-state index contributed by atoms with van der Waals surface area (Å²) in [5.41, 5.74) is 1.79. The second kappa shape index (κ2) is 8.01. The molecule has 3 aromatic carbocycles. The lowest BCUT2D eigenvalue weighted by Gasteiger charge is -2.15. The van der Waals surface area contributed by atoms with E-state index in [0.29, 0.717) is 11.3 Å². The molecule has 0 fully saturated rings. The summed E-state index contributed by atoms with van der Waals surface area (Å²) in [6.07, 6.45) is 0. The summed E-state index contributed by atoms with van der Waals surface area (Å²) in [5, 5.41) is 0. The molecule has 0 radical (unpaired) electrons. The third-order valence-electron chi connectivity index (χ3n) is 4.47. The standard InChI is InChI=1S/C23H15F2NO2S/c24-17-11-9-16(10-12-17)20-21(29-14-15-5-2-1-3-6-15)23(28)26(22(20)27)19-8-4-7-18(25)13-19/h1-13H,14H2. The van der Waals surface area contributed by atoms with Crippen molar-refractivity contribution < 1.29 is 18.4 Å². The molecule has 4 rings (SSSR count). The maximum absolute atomic E-state index is 13.7. The smallest absolute Gasteiger partial charge is 0.268 e. The summed E-state index contributed by atoms with van der Waals surface area (Å²) in [6.45, 7) is 0. The van der Waals surface area contributed by atoms with Crippen LogP contribution in [0.4, 0.5) is 14.5 Å². The number of carbonyl (C=O) groups is 2. The molecule has 6 heteroatoms. The Hall–Kier alpha value is -3.25. The molecule has 0 aromatic heterocycles. The van der Waals surface area contributed by atoms with Crippen LogP contribution in [-0.2, 0) is 15.3 Å². The Labute approximate surface area is 170 Å². The first kappa shape index (κ1) is 19.1. The van der Waals surface area contributed by atoms with Crippen LogP contribution in [0.25, 0.3) is 5.57 Å². The van der Waals surface area contributed by atoms with E-state index in [1.54, 1.807) is 0 Å². The molecule has 3 nitrogen and oxygen atoms in total. The van der Waals surface area contributed by atoms with E-state index in [1.165, 1.54) is 54.2 Å². The normalized spacial score (nSPS) is 14.1. The van der Waals surface area contributed by atoms with Crippen LogP contribution in [-0.4, -0.2) is 11.8 Å². The summed E-state index contributed by atoms with van der Waals surface area (Å²) in [7, 11) is 0. The predicted molar refractivity (Wildman–Crippen MR) is 110 cm³/mol. The first-order chi connectivity index (χ1) is 14.0. The zero-order chi connectivity index (χ0) is 20.4. The second-order valence-electron chi connectivity index (χ2n) is 6.41. The Kier molecular flexibility index (Phi) is 5.27. The molecule has 0 atom stereocenters. The molecule has 29 heavy (non-hydrogen) atoms. The second-order valence-corrected chi connectivity index (χ2v) is 7.40. The lowest BCUT2D eigenvalue weighted by Crippen LogP contribution is -2.31. The first-order valence-electron chi connectivity index (χ1n) is 8.86. The van der Waals surface area contributed by atoms with E-state index in [2.05, 4.69) is 0 Å². The molecule has 2 amide bonds. The minimum absolute atomic E-state index is 0.162. The molecule has 1 aliphatic rings. The number of halogens is 2. The lowest BCUT2D eigenvalue weighted by atomic mass is 10.1. The molecule has 0 bridgehead atoms. The van der Waals surface area contributed by atoms with Gasteiger partial charge in [0.2, 0.25) is 0 Å². The third kappa shape index (κ3) is 3.84. The lowest BCUT2D eigenvalue weighted by molar-refractivity contribution is -0.119. The van der Waals surface area contributed by atoms with Gasteiger partial charge in [-0.2, -0.15) is 0 Å². The number of hydrogen-bond donors (Lipinski definition) is 0. The van der Waals surface area contributed by atoms with Gasteiger partial charge < -0.3 is 0 Å². The highest BCUT2D eigenvalue weighted by molar-refractivity contribution is 8.03. The quantitative estimate of drug-likeness (QED) is 0.547. The fraction of sp³-hybridized carbons (Fsp3) is 0.0435. The SMILES string of the molecule is O=C1C(SCc2ccccc2)=C(c2ccc(F)cc2)C(=O)N1c1cccc(F)c1. The van der Waals surface area contributed by atoms with E-state index < -0.39 is 23.4 Å². The van der Waals surface area contributed by atoms with Gasteiger partial charge in [-0.15, -0.1) is 11.8 Å². The fourth-order valence-electron chi connectivity index (χ4n) is 3.09. The van der Waals surface area contributed by atoms with Crippen LogP contribution in [0.5, 0.6) is 0 Å². The molecule has 0 saturated heterocycles. The van der Waals surface area contributed by atoms with E-state index in [-0.39, 0.29) is 16.2 Å². The number of anilines is 1. The topological polar surface area (TPSA) is 37.4 Å². The van der Waals surface area contributed by atoms with E-state index in [4.69, 9.17) is 0 Å². The minimum Gasteiger partial charge on any atom is -0.268 e. The number of hydrogen-bond acceptors (Lipinski definition) is 3. The molecular weight excluding hydrogens is 392 g/mol. The fourth-order valence-corrected chi connectivity index (χ4v) is 4.16. The molecule has 144 valence electrons. The zero-order valence-corrected chi connectivity index (χ0v) is 16.0. The molecule has 1 aliphatic heterocycles. The van der Waals surface area contributed by atoms with Gasteiger partial charge in [0.1, 0.15) is 11.6 Å². The van der Waals surface area contributed by atoms with Gasteiger partial charge in [0.15, 0.2) is 0 Å². The Morgan fingerprint density at radius 2 is 1.48 bits per heavy atom. The van der Waals surface area contributed by atoms with E-state index in [0.717, 1.165) is 16.5 Å². The summed E-state index contributed by atoms with van der Waals surface area (Å²) in [5.74, 6) is -1.57. The number of amides is 2. The molecule has 0 saturated carbocycles. The Bertz CT molecular complexity index is 1110. The van der Waals surface area contributed by atoms with Crippen molar-refractivity contribution in [1.29, 1.82) is 0 Å². The van der Waals surface area contributed by atoms with Gasteiger partial charge in [-0.25, -0.2) is 13.7 Å². The van der Waals surface area contributed by atoms with Crippen LogP contribution in [0.2, 0.25) is 0 Å². The van der Waals surface area contributed by atoms with Crippen LogP contribution >= 0.6 is 11.8 Å². The van der Waals surface area contributed by atoms with Gasteiger partial charge in [0, 0.05) is 5.75 Å². The van der Waals surface area contributed by atoms with E-state index >= 15 is 0 Å². The van der Waals surface area contributed by atoms with Gasteiger partial charge in [-0.05, 0) is 41.5 Å². The molecule has 0 N–H and O–H groups in total. The first-order valence-corrected chi connectivity index (χ1v) is 9.84. The molecular formula is C23H15F2NO2S. The number of nitrogens with zero attached hydrogens (tertiary/aromatic N) is 1. The largest absolute Gasteiger partial charge is 0.272 e. The van der Waals surface area contributed by atoms with Crippen LogP contribution in [0.3, 0.4) is 0 Å². The number of imide groups is 1. The third-order valence-corrected chi connectivity index (χ3v) is 5.61. The molecule has 0 spiro atoms. The van der Waals surface area contributed by atoms with Gasteiger partial charge in [-0.3, -0.25) is 9.59 Å². The van der Waals surface area contributed by atoms with Gasteiger partial charge in [0.25, 0.3) is 11.8 Å². The molecule has 0 unspecified atom stereocenters. The van der Waals surface area contributed by atoms with Crippen LogP contribution < -0.4 is 4.90 Å². The van der Waals surface area contributed by atoms with Crippen molar-refractivity contribution in [3.63, 3.8) is 0 Å². The van der Waals surface area contributed by atoms with Crippen LogP contribution in [0.15, 0.2) is 83.8 Å². The Balaban J connectivity index is 1.75. The van der Waals surface area contributed by atoms with Crippen molar-refractivity contribution in [1.82, 2.24) is 0 Å². The molecule has 0 aliphatic carbocycles. The zero-order valence-electron chi connectivity index (χ0n) is 15.1. The van der Waals surface area contributed by atoms with E-state index in [9.17, 15) is 18.4 Å². The van der Waals surface area contributed by atoms with Crippen molar-refractivity contribution in [2.24, 2.45) is 0 Å². The van der Waals surface area contributed by atoms with Gasteiger partial charge in [-0.1, -0.05) is 48.5 Å². The summed E-state index contributed by atoms with van der Waals surface area (Å²) in [4.78, 5) is 27.5. The number of carbonyl (C=O) groups excluding carboxylic acids is 2. The monoisotopic (exact) mass is 407 g/mol. The van der Waals surface area contributed by atoms with Gasteiger partial charge in [0.05, 0.1) is 16.2 Å². The van der Waals surface area contributed by atoms with Crippen molar-refractivity contribution >= 4 is 34.8 Å². The maximum Gasteiger partial charge on any atom is 0.272 e. The van der Waals surface area contributed by atoms with Gasteiger partial charge >= 0.3 is 0 Å². The highest BCUT2D eigenvalue weighted by Crippen LogP contribution is 2.39. The van der Waals surface area contributed by atoms with Crippen molar-refractivity contribution in [3.05, 3.63) is 107 Å².